The molecule has 0 saturated carbocycles. The van der Waals surface area contributed by atoms with Gasteiger partial charge in [0.25, 0.3) is 0 Å². The van der Waals surface area contributed by atoms with Gasteiger partial charge in [-0.2, -0.15) is 0 Å². The van der Waals surface area contributed by atoms with E-state index in [0.29, 0.717) is 0 Å². The van der Waals surface area contributed by atoms with Crippen LogP contribution in [0.3, 0.4) is 0 Å². The maximum Gasteiger partial charge on any atom is -0.0134 e. The first-order valence-corrected chi connectivity index (χ1v) is 11.3. The predicted octanol–water partition coefficient (Wildman–Crippen LogP) is 3.05. The maximum atomic E-state index is 5.02. The van der Waals surface area contributed by atoms with E-state index in [1.807, 2.05) is 0 Å². The summed E-state index contributed by atoms with van der Waals surface area (Å²) in [7, 11) is 4.57. The van der Waals surface area contributed by atoms with Crippen LogP contribution >= 0.6 is 17.6 Å². The fraction of sp³-hybridized carbons (Fsp3) is 0. The maximum absolute atomic E-state index is 5.02. The number of rotatable bonds is 4. The Hall–Kier alpha value is -1.08. The van der Waals surface area contributed by atoms with Crippen LogP contribution < -0.4 is 25.9 Å². The topological polar surface area (TPSA) is 38.0 Å². The van der Waals surface area contributed by atoms with Gasteiger partial charge in [0.2, 0.25) is 0 Å². The molecule has 2 nitrogen and oxygen atoms in total. The first kappa shape index (κ1) is 18.3. The summed E-state index contributed by atoms with van der Waals surface area (Å²) < 4.78 is 2.27. The average molecular weight is 432 g/mol. The summed E-state index contributed by atoms with van der Waals surface area (Å²) in [6, 6.07) is 32.3. The fourth-order valence-corrected chi connectivity index (χ4v) is 4.48. The molecule has 3 aromatic rings. The fourth-order valence-electron chi connectivity index (χ4n) is 2.18. The van der Waals surface area contributed by atoms with Crippen molar-refractivity contribution < 1.29 is 16.4 Å². The molecule has 0 bridgehead atoms. The summed E-state index contributed by atoms with van der Waals surface area (Å²) in [5.41, 5.74) is 0. The van der Waals surface area contributed by atoms with Gasteiger partial charge >= 0.3 is 36.1 Å². The van der Waals surface area contributed by atoms with E-state index in [9.17, 15) is 0 Å². The van der Waals surface area contributed by atoms with Crippen molar-refractivity contribution in [2.75, 3.05) is 0 Å². The monoisotopic (exact) mass is 431 g/mol. The molecule has 3 N–H and O–H groups in total. The van der Waals surface area contributed by atoms with E-state index >= 15 is 0 Å². The van der Waals surface area contributed by atoms with Gasteiger partial charge in [0.1, 0.15) is 0 Å². The first-order chi connectivity index (χ1) is 11.4. The van der Waals surface area contributed by atoms with Crippen LogP contribution in [-0.4, -0.2) is 0 Å². The molecule has 0 fully saturated rings. The minimum Gasteiger partial charge on any atom is -0.0622 e. The van der Waals surface area contributed by atoms with Crippen molar-refractivity contribution in [2.24, 2.45) is 5.84 Å². The van der Waals surface area contributed by atoms with Gasteiger partial charge in [-0.15, -0.1) is 0 Å². The molecule has 0 atom stereocenters. The van der Waals surface area contributed by atoms with Crippen molar-refractivity contribution in [1.82, 2.24) is 4.17 Å². The number of benzene rings is 3. The minimum absolute atomic E-state index is 0.132. The van der Waals surface area contributed by atoms with E-state index in [4.69, 9.17) is 9.69 Å². The molecule has 0 aliphatic rings. The van der Waals surface area contributed by atoms with Crippen LogP contribution in [-0.2, 0) is 16.4 Å². The van der Waals surface area contributed by atoms with Crippen LogP contribution in [0.5, 0.6) is 0 Å². The van der Waals surface area contributed by atoms with E-state index in [-0.39, 0.29) is 16.4 Å². The molecule has 5 heteroatoms. The van der Waals surface area contributed by atoms with Crippen molar-refractivity contribution in [1.29, 1.82) is 0 Å². The minimum atomic E-state index is -0.446. The third kappa shape index (κ3) is 5.81. The molecule has 0 spiro atoms. The summed E-state index contributed by atoms with van der Waals surface area (Å²) in [5.74, 6) is 4.68. The third-order valence-corrected chi connectivity index (χ3v) is 6.13. The Kier molecular flexibility index (Phi) is 8.46. The molecule has 0 unspecified atom stereocenters. The molecule has 0 amide bonds. The summed E-state index contributed by atoms with van der Waals surface area (Å²) in [5, 5.41) is 4.19. The van der Waals surface area contributed by atoms with Crippen LogP contribution in [0.25, 0.3) is 0 Å². The van der Waals surface area contributed by atoms with Gasteiger partial charge in [0.05, 0.1) is 0 Å². The van der Waals surface area contributed by atoms with Gasteiger partial charge in [-0.05, 0) is 23.8 Å². The zero-order valence-electron chi connectivity index (χ0n) is 12.4. The smallest absolute Gasteiger partial charge is 0.0134 e. The van der Waals surface area contributed by atoms with Crippen LogP contribution in [0.1, 0.15) is 0 Å². The summed E-state index contributed by atoms with van der Waals surface area (Å²) in [6.07, 6.45) is 0. The molecule has 0 aliphatic carbocycles. The molecule has 3 rings (SSSR count). The standard InChI is InChI=1S/C18H15P.ClH.H3N2.Rh/c1-4-10-16(11-5-1)19(17-12-6-2-7-13-17)18-14-8-3-9-15-18;;1-2;/h1-15H;1H;1H,2H2;/q;;-1;+2/p-1. The first-order valence-electron chi connectivity index (χ1n) is 6.98. The second-order valence-electron chi connectivity index (χ2n) is 4.50. The van der Waals surface area contributed by atoms with Gasteiger partial charge in [0.15, 0.2) is 0 Å². The molecular weight excluding hydrogens is 414 g/mol. The Balaban J connectivity index is 0.000000433. The number of halogens is 1. The molecule has 0 aliphatic heterocycles. The summed E-state index contributed by atoms with van der Waals surface area (Å²) in [6.45, 7) is 0. The van der Waals surface area contributed by atoms with Crippen molar-refractivity contribution in [3.05, 3.63) is 91.0 Å². The van der Waals surface area contributed by atoms with Gasteiger partial charge in [-0.25, -0.2) is 0 Å². The largest absolute Gasteiger partial charge is 0.0622 e. The number of hydrazine groups is 1. The number of nitrogens with two attached hydrogens (primary N) is 1. The number of hydrogen-bond donors (Lipinski definition) is 2. The van der Waals surface area contributed by atoms with Crippen LogP contribution in [0.2, 0.25) is 0 Å². The molecule has 0 heterocycles. The molecule has 0 saturated heterocycles. The van der Waals surface area contributed by atoms with E-state index in [0.717, 1.165) is 0 Å². The second-order valence-corrected chi connectivity index (χ2v) is 8.25. The molecular formula is C18H18ClN2PRh. The van der Waals surface area contributed by atoms with Crippen LogP contribution in [0.15, 0.2) is 91.0 Å². The Morgan fingerprint density at radius 3 is 1.13 bits per heavy atom. The Labute approximate surface area is 150 Å². The molecule has 0 aromatic heterocycles. The van der Waals surface area contributed by atoms with Crippen LogP contribution in [0.4, 0.5) is 0 Å². The van der Waals surface area contributed by atoms with E-state index in [1.54, 1.807) is 0 Å². The van der Waals surface area contributed by atoms with Gasteiger partial charge in [-0.3, -0.25) is 0 Å². The quantitative estimate of drug-likeness (QED) is 0.288. The van der Waals surface area contributed by atoms with Crippen molar-refractivity contribution >= 4 is 33.5 Å². The molecule has 3 aromatic carbocycles. The SMILES string of the molecule is N[NH][Rh][Cl].c1ccc(P(c2ccccc2)c2ccccc2)cc1. The Morgan fingerprint density at radius 1 is 0.652 bits per heavy atom. The molecule has 23 heavy (non-hydrogen) atoms. The van der Waals surface area contributed by atoms with Gasteiger partial charge < -0.3 is 0 Å². The molecule has 121 valence electrons. The predicted molar refractivity (Wildman–Crippen MR) is 98.3 cm³/mol. The second kappa shape index (κ2) is 10.7. The van der Waals surface area contributed by atoms with Gasteiger partial charge in [0, 0.05) is 0 Å². The zero-order valence-corrected chi connectivity index (χ0v) is 15.7. The Morgan fingerprint density at radius 2 is 0.913 bits per heavy atom. The van der Waals surface area contributed by atoms with E-state index < -0.39 is 7.92 Å². The average Bonchev–Trinajstić information content (AvgIpc) is 2.65. The normalized spacial score (nSPS) is 10.2. The van der Waals surface area contributed by atoms with Crippen LogP contribution in [0, 0.1) is 0 Å². The van der Waals surface area contributed by atoms with Crippen molar-refractivity contribution in [2.45, 2.75) is 0 Å². The van der Waals surface area contributed by atoms with Crippen molar-refractivity contribution in [3.63, 3.8) is 0 Å². The zero-order chi connectivity index (χ0) is 16.3. The Bertz CT molecular complexity index is 572. The summed E-state index contributed by atoms with van der Waals surface area (Å²) in [4.78, 5) is 0. The van der Waals surface area contributed by atoms with E-state index in [2.05, 4.69) is 101 Å². The number of hydrogen-bond acceptors (Lipinski definition) is 2. The van der Waals surface area contributed by atoms with Gasteiger partial charge in [-0.1, -0.05) is 91.0 Å². The summed E-state index contributed by atoms with van der Waals surface area (Å²) >= 11 is -0.132. The molecule has 0 radical (unpaired) electrons. The number of nitrogens with one attached hydrogen (secondary N) is 1. The van der Waals surface area contributed by atoms with E-state index in [1.165, 1.54) is 15.9 Å². The third-order valence-electron chi connectivity index (χ3n) is 3.08. The van der Waals surface area contributed by atoms with Crippen molar-refractivity contribution in [3.8, 4) is 0 Å².